The van der Waals surface area contributed by atoms with E-state index in [-0.39, 0.29) is 11.9 Å². The Labute approximate surface area is 72.9 Å². The van der Waals surface area contributed by atoms with E-state index in [1.165, 1.54) is 0 Å². The average molecular weight is 171 g/mol. The zero-order valence-electron chi connectivity index (χ0n) is 7.68. The Morgan fingerprint density at radius 2 is 2.17 bits per heavy atom. The molecule has 0 aromatic carbocycles. The molecule has 12 heavy (non-hydrogen) atoms. The number of carbonyl (C=O) groups excluding carboxylic acids is 1. The van der Waals surface area contributed by atoms with Crippen molar-refractivity contribution in [3.8, 4) is 0 Å². The van der Waals surface area contributed by atoms with Gasteiger partial charge in [0.25, 0.3) is 0 Å². The van der Waals surface area contributed by atoms with Crippen molar-refractivity contribution in [2.24, 2.45) is 11.1 Å². The van der Waals surface area contributed by atoms with Crippen molar-refractivity contribution in [3.63, 3.8) is 0 Å². The molecule has 0 bridgehead atoms. The van der Waals surface area contributed by atoms with E-state index < -0.39 is 5.41 Å². The summed E-state index contributed by atoms with van der Waals surface area (Å²) in [7, 11) is 0. The topological polar surface area (TPSA) is 67.2 Å². The first kappa shape index (κ1) is 9.48. The van der Waals surface area contributed by atoms with Gasteiger partial charge in [-0.25, -0.2) is 0 Å². The highest BCUT2D eigenvalue weighted by Gasteiger charge is 2.35. The lowest BCUT2D eigenvalue weighted by molar-refractivity contribution is -0.127. The molecule has 1 aliphatic heterocycles. The van der Waals surface area contributed by atoms with Gasteiger partial charge in [0.15, 0.2) is 0 Å². The molecular weight excluding hydrogens is 154 g/mol. The SMILES string of the molecule is CC(C)(C(N)=O)[C@H]1CNCCN1. The highest BCUT2D eigenvalue weighted by Crippen LogP contribution is 2.20. The standard InChI is InChI=1S/C8H17N3O/c1-8(2,7(9)12)6-5-10-3-4-11-6/h6,10-11H,3-5H2,1-2H3,(H2,9,12)/t6-/m1/s1. The lowest BCUT2D eigenvalue weighted by Gasteiger charge is -2.35. The summed E-state index contributed by atoms with van der Waals surface area (Å²) in [6, 6.07) is 0.156. The molecule has 1 saturated heterocycles. The maximum Gasteiger partial charge on any atom is 0.224 e. The molecule has 0 saturated carbocycles. The van der Waals surface area contributed by atoms with Gasteiger partial charge in [0, 0.05) is 25.7 Å². The lowest BCUT2D eigenvalue weighted by atomic mass is 9.83. The molecular formula is C8H17N3O. The van der Waals surface area contributed by atoms with Crippen molar-refractivity contribution in [2.45, 2.75) is 19.9 Å². The van der Waals surface area contributed by atoms with Crippen molar-refractivity contribution in [1.82, 2.24) is 10.6 Å². The summed E-state index contributed by atoms with van der Waals surface area (Å²) in [6.07, 6.45) is 0. The molecule has 1 amide bonds. The quantitative estimate of drug-likeness (QED) is 0.502. The maximum absolute atomic E-state index is 11.1. The molecule has 1 aliphatic rings. The molecule has 1 fully saturated rings. The van der Waals surface area contributed by atoms with Gasteiger partial charge in [-0.3, -0.25) is 4.79 Å². The fourth-order valence-corrected chi connectivity index (χ4v) is 1.34. The smallest absolute Gasteiger partial charge is 0.224 e. The number of hydrogen-bond acceptors (Lipinski definition) is 3. The van der Waals surface area contributed by atoms with Crippen LogP contribution in [0.15, 0.2) is 0 Å². The molecule has 0 radical (unpaired) electrons. The third kappa shape index (κ3) is 1.76. The molecule has 0 spiro atoms. The third-order valence-corrected chi connectivity index (χ3v) is 2.55. The van der Waals surface area contributed by atoms with Crippen LogP contribution in [0, 0.1) is 5.41 Å². The van der Waals surface area contributed by atoms with Gasteiger partial charge in [-0.05, 0) is 13.8 Å². The second-order valence-electron chi connectivity index (χ2n) is 3.80. The van der Waals surface area contributed by atoms with Gasteiger partial charge in [0.05, 0.1) is 5.41 Å². The zero-order valence-corrected chi connectivity index (χ0v) is 7.68. The predicted octanol–water partition coefficient (Wildman–Crippen LogP) is -0.941. The van der Waals surface area contributed by atoms with Crippen LogP contribution < -0.4 is 16.4 Å². The molecule has 1 heterocycles. The molecule has 1 atom stereocenters. The number of amides is 1. The first-order chi connectivity index (χ1) is 5.55. The predicted molar refractivity (Wildman–Crippen MR) is 47.6 cm³/mol. The van der Waals surface area contributed by atoms with Crippen molar-refractivity contribution in [3.05, 3.63) is 0 Å². The molecule has 0 unspecified atom stereocenters. The van der Waals surface area contributed by atoms with E-state index in [9.17, 15) is 4.79 Å². The summed E-state index contributed by atoms with van der Waals surface area (Å²) in [5.74, 6) is -0.247. The van der Waals surface area contributed by atoms with Gasteiger partial charge in [0.1, 0.15) is 0 Å². The fourth-order valence-electron chi connectivity index (χ4n) is 1.34. The van der Waals surface area contributed by atoms with Crippen molar-refractivity contribution in [2.75, 3.05) is 19.6 Å². The summed E-state index contributed by atoms with van der Waals surface area (Å²) in [6.45, 7) is 6.43. The minimum Gasteiger partial charge on any atom is -0.369 e. The van der Waals surface area contributed by atoms with Gasteiger partial charge < -0.3 is 16.4 Å². The van der Waals surface area contributed by atoms with Crippen LogP contribution in [-0.4, -0.2) is 31.6 Å². The van der Waals surface area contributed by atoms with Crippen LogP contribution in [0.25, 0.3) is 0 Å². The number of primary amides is 1. The Morgan fingerprint density at radius 3 is 2.58 bits per heavy atom. The van der Waals surface area contributed by atoms with Crippen molar-refractivity contribution < 1.29 is 4.79 Å². The van der Waals surface area contributed by atoms with E-state index in [2.05, 4.69) is 10.6 Å². The number of piperazine rings is 1. The van der Waals surface area contributed by atoms with Crippen LogP contribution in [0.1, 0.15) is 13.8 Å². The van der Waals surface area contributed by atoms with E-state index >= 15 is 0 Å². The van der Waals surface area contributed by atoms with Gasteiger partial charge in [0.2, 0.25) is 5.91 Å². The minimum atomic E-state index is -0.465. The zero-order chi connectivity index (χ0) is 9.19. The Morgan fingerprint density at radius 1 is 1.50 bits per heavy atom. The summed E-state index contributed by atoms with van der Waals surface area (Å²) in [5, 5.41) is 6.50. The van der Waals surface area contributed by atoms with Crippen LogP contribution >= 0.6 is 0 Å². The fraction of sp³-hybridized carbons (Fsp3) is 0.875. The Hall–Kier alpha value is -0.610. The van der Waals surface area contributed by atoms with Gasteiger partial charge in [-0.15, -0.1) is 0 Å². The highest BCUT2D eigenvalue weighted by atomic mass is 16.1. The van der Waals surface area contributed by atoms with E-state index in [0.29, 0.717) is 0 Å². The van der Waals surface area contributed by atoms with E-state index in [0.717, 1.165) is 19.6 Å². The Balaban J connectivity index is 2.59. The van der Waals surface area contributed by atoms with Crippen LogP contribution in [0.2, 0.25) is 0 Å². The summed E-state index contributed by atoms with van der Waals surface area (Å²) >= 11 is 0. The maximum atomic E-state index is 11.1. The molecule has 1 rings (SSSR count). The first-order valence-corrected chi connectivity index (χ1v) is 4.29. The minimum absolute atomic E-state index is 0.156. The molecule has 4 heteroatoms. The van der Waals surface area contributed by atoms with Gasteiger partial charge >= 0.3 is 0 Å². The molecule has 4 nitrogen and oxygen atoms in total. The first-order valence-electron chi connectivity index (χ1n) is 4.29. The van der Waals surface area contributed by atoms with Crippen molar-refractivity contribution in [1.29, 1.82) is 0 Å². The van der Waals surface area contributed by atoms with Gasteiger partial charge in [-0.2, -0.15) is 0 Å². The average Bonchev–Trinajstić information content (AvgIpc) is 2.06. The summed E-state index contributed by atoms with van der Waals surface area (Å²) in [4.78, 5) is 11.1. The second-order valence-corrected chi connectivity index (χ2v) is 3.80. The highest BCUT2D eigenvalue weighted by molar-refractivity contribution is 5.80. The second kappa shape index (κ2) is 3.41. The number of rotatable bonds is 2. The van der Waals surface area contributed by atoms with Gasteiger partial charge in [-0.1, -0.05) is 0 Å². The van der Waals surface area contributed by atoms with E-state index in [4.69, 9.17) is 5.73 Å². The summed E-state index contributed by atoms with van der Waals surface area (Å²) < 4.78 is 0. The molecule has 0 aliphatic carbocycles. The molecule has 4 N–H and O–H groups in total. The Bertz CT molecular complexity index is 173. The Kier molecular flexibility index (Phi) is 2.69. The number of carbonyl (C=O) groups is 1. The summed E-state index contributed by atoms with van der Waals surface area (Å²) in [5.41, 5.74) is 4.83. The molecule has 70 valence electrons. The molecule has 0 aromatic heterocycles. The lowest BCUT2D eigenvalue weighted by Crippen LogP contribution is -2.58. The number of nitrogens with one attached hydrogen (secondary N) is 2. The monoisotopic (exact) mass is 171 g/mol. The van der Waals surface area contributed by atoms with E-state index in [1.54, 1.807) is 0 Å². The molecule has 0 aromatic rings. The normalized spacial score (nSPS) is 25.3. The van der Waals surface area contributed by atoms with E-state index in [1.807, 2.05) is 13.8 Å². The third-order valence-electron chi connectivity index (χ3n) is 2.55. The van der Waals surface area contributed by atoms with Crippen LogP contribution in [-0.2, 0) is 4.79 Å². The van der Waals surface area contributed by atoms with Crippen LogP contribution in [0.3, 0.4) is 0 Å². The van der Waals surface area contributed by atoms with Crippen molar-refractivity contribution >= 4 is 5.91 Å². The number of nitrogens with two attached hydrogens (primary N) is 1. The number of hydrogen-bond donors (Lipinski definition) is 3. The van der Waals surface area contributed by atoms with Crippen LogP contribution in [0.4, 0.5) is 0 Å². The van der Waals surface area contributed by atoms with Crippen LogP contribution in [0.5, 0.6) is 0 Å². The largest absolute Gasteiger partial charge is 0.369 e.